The van der Waals surface area contributed by atoms with E-state index in [1.807, 2.05) is 30.3 Å². The first kappa shape index (κ1) is 28.2. The first-order chi connectivity index (χ1) is 19.2. The van der Waals surface area contributed by atoms with Crippen LogP contribution >= 0.6 is 0 Å². The highest BCUT2D eigenvalue weighted by atomic mass is 19.1. The molecule has 0 aliphatic heterocycles. The van der Waals surface area contributed by atoms with Crippen LogP contribution < -0.4 is 19.5 Å². The molecule has 1 N–H and O–H groups in total. The van der Waals surface area contributed by atoms with Gasteiger partial charge in [-0.2, -0.15) is 0 Å². The number of carbonyl (C=O) groups excluding carboxylic acids is 2. The molecule has 0 aliphatic carbocycles. The summed E-state index contributed by atoms with van der Waals surface area (Å²) in [6, 6.07) is 17.7. The number of rotatable bonds is 10. The Bertz CT molecular complexity index is 1480. The van der Waals surface area contributed by atoms with Gasteiger partial charge in [-0.25, -0.2) is 9.37 Å². The van der Waals surface area contributed by atoms with Crippen molar-refractivity contribution in [3.63, 3.8) is 0 Å². The monoisotopic (exact) mass is 546 g/mol. The van der Waals surface area contributed by atoms with E-state index in [1.165, 1.54) is 29.2 Å². The number of ether oxygens (including phenoxy) is 3. The molecule has 0 saturated heterocycles. The van der Waals surface area contributed by atoms with Crippen LogP contribution in [0.5, 0.6) is 17.2 Å². The summed E-state index contributed by atoms with van der Waals surface area (Å²) in [6.07, 6.45) is 1.79. The molecule has 1 aromatic heterocycles. The summed E-state index contributed by atoms with van der Waals surface area (Å²) < 4.78 is 31.2. The zero-order valence-electron chi connectivity index (χ0n) is 23.0. The van der Waals surface area contributed by atoms with E-state index in [0.717, 1.165) is 5.56 Å². The Morgan fingerprint density at radius 2 is 1.60 bits per heavy atom. The van der Waals surface area contributed by atoms with E-state index in [9.17, 15) is 14.0 Å². The molecule has 10 heteroatoms. The highest BCUT2D eigenvalue weighted by molar-refractivity contribution is 5.99. The van der Waals surface area contributed by atoms with Gasteiger partial charge in [-0.3, -0.25) is 19.5 Å². The Morgan fingerprint density at radius 1 is 0.925 bits per heavy atom. The number of aromatic nitrogens is 2. The molecule has 0 bridgehead atoms. The number of nitrogens with zero attached hydrogens (tertiary/aromatic N) is 3. The predicted molar refractivity (Wildman–Crippen MR) is 150 cm³/mol. The molecule has 0 aliphatic rings. The van der Waals surface area contributed by atoms with Crippen LogP contribution in [0.2, 0.25) is 0 Å². The molecule has 0 fully saturated rings. The van der Waals surface area contributed by atoms with Gasteiger partial charge in [0, 0.05) is 29.4 Å². The Kier molecular flexibility index (Phi) is 8.68. The lowest BCUT2D eigenvalue weighted by Gasteiger charge is -2.26. The lowest BCUT2D eigenvalue weighted by atomic mass is 10.1. The molecule has 0 saturated carbocycles. The minimum Gasteiger partial charge on any atom is -0.497 e. The van der Waals surface area contributed by atoms with Crippen LogP contribution in [-0.2, 0) is 4.79 Å². The largest absolute Gasteiger partial charge is 0.497 e. The summed E-state index contributed by atoms with van der Waals surface area (Å²) >= 11 is 0. The van der Waals surface area contributed by atoms with Gasteiger partial charge in [-0.05, 0) is 74.5 Å². The Hall–Kier alpha value is -4.86. The minimum absolute atomic E-state index is 0.232. The third kappa shape index (κ3) is 6.23. The molecule has 0 unspecified atom stereocenters. The number of imidazole rings is 1. The second-order valence-electron chi connectivity index (χ2n) is 9.17. The van der Waals surface area contributed by atoms with Crippen molar-refractivity contribution in [3.8, 4) is 34.2 Å². The average Bonchev–Trinajstić information content (AvgIpc) is 3.38. The van der Waals surface area contributed by atoms with Crippen LogP contribution in [0.15, 0.2) is 72.9 Å². The smallest absolute Gasteiger partial charge is 0.254 e. The average molecular weight is 547 g/mol. The van der Waals surface area contributed by atoms with Crippen molar-refractivity contribution in [3.05, 3.63) is 84.3 Å². The molecule has 0 radical (unpaired) electrons. The summed E-state index contributed by atoms with van der Waals surface area (Å²) in [6.45, 7) is 3.38. The molecule has 0 spiro atoms. The number of anilines is 1. The quantitative estimate of drug-likeness (QED) is 0.294. The normalized spacial score (nSPS) is 10.8. The maximum absolute atomic E-state index is 13.4. The molecule has 0 atom stereocenters. The molecule has 2 amide bonds. The van der Waals surface area contributed by atoms with Crippen LogP contribution in [-0.4, -0.2) is 60.2 Å². The fourth-order valence-corrected chi connectivity index (χ4v) is 4.11. The van der Waals surface area contributed by atoms with Gasteiger partial charge in [0.2, 0.25) is 11.9 Å². The van der Waals surface area contributed by atoms with Crippen LogP contribution in [0.25, 0.3) is 16.9 Å². The highest BCUT2D eigenvalue weighted by Crippen LogP contribution is 2.32. The SMILES string of the molecule is COc1ccc(-c2cn(-c3ccc(OC)c(OC)c3)c(NC(=O)CN(C(=O)c3ccc(F)cc3)C(C)C)n2)cc1. The van der Waals surface area contributed by atoms with Gasteiger partial charge in [0.05, 0.1) is 32.7 Å². The van der Waals surface area contributed by atoms with Gasteiger partial charge in [-0.1, -0.05) is 0 Å². The first-order valence-electron chi connectivity index (χ1n) is 12.6. The van der Waals surface area contributed by atoms with Crippen LogP contribution in [0.3, 0.4) is 0 Å². The lowest BCUT2D eigenvalue weighted by molar-refractivity contribution is -0.117. The van der Waals surface area contributed by atoms with E-state index in [4.69, 9.17) is 14.2 Å². The van der Waals surface area contributed by atoms with Gasteiger partial charge >= 0.3 is 0 Å². The van der Waals surface area contributed by atoms with Crippen LogP contribution in [0.1, 0.15) is 24.2 Å². The number of nitrogens with one attached hydrogen (secondary N) is 1. The zero-order valence-corrected chi connectivity index (χ0v) is 23.0. The summed E-state index contributed by atoms with van der Waals surface area (Å²) in [7, 11) is 4.69. The fraction of sp³-hybridized carbons (Fsp3) is 0.233. The van der Waals surface area contributed by atoms with E-state index >= 15 is 0 Å². The van der Waals surface area contributed by atoms with Gasteiger partial charge in [0.1, 0.15) is 18.1 Å². The second-order valence-corrected chi connectivity index (χ2v) is 9.17. The van der Waals surface area contributed by atoms with E-state index in [1.54, 1.807) is 58.1 Å². The number of hydrogen-bond acceptors (Lipinski definition) is 6. The van der Waals surface area contributed by atoms with Crippen molar-refractivity contribution in [2.24, 2.45) is 0 Å². The van der Waals surface area contributed by atoms with Gasteiger partial charge in [0.15, 0.2) is 11.5 Å². The fourth-order valence-electron chi connectivity index (χ4n) is 4.11. The molecule has 4 aromatic rings. The molecule has 4 rings (SSSR count). The third-order valence-electron chi connectivity index (χ3n) is 6.28. The van der Waals surface area contributed by atoms with E-state index < -0.39 is 11.7 Å². The van der Waals surface area contributed by atoms with Crippen LogP contribution in [0, 0.1) is 5.82 Å². The zero-order chi connectivity index (χ0) is 28.8. The number of benzene rings is 3. The van der Waals surface area contributed by atoms with E-state index in [-0.39, 0.29) is 30.0 Å². The molecular weight excluding hydrogens is 515 g/mol. The number of carbonyl (C=O) groups is 2. The predicted octanol–water partition coefficient (Wildman–Crippen LogP) is 5.19. The van der Waals surface area contributed by atoms with Crippen molar-refractivity contribution < 1.29 is 28.2 Å². The van der Waals surface area contributed by atoms with Crippen molar-refractivity contribution in [2.75, 3.05) is 33.2 Å². The Balaban J connectivity index is 1.66. The lowest BCUT2D eigenvalue weighted by Crippen LogP contribution is -2.42. The first-order valence-corrected chi connectivity index (χ1v) is 12.6. The minimum atomic E-state index is -0.447. The summed E-state index contributed by atoms with van der Waals surface area (Å²) in [4.78, 5) is 32.5. The molecule has 208 valence electrons. The maximum Gasteiger partial charge on any atom is 0.254 e. The maximum atomic E-state index is 13.4. The van der Waals surface area contributed by atoms with Gasteiger partial charge in [-0.15, -0.1) is 0 Å². The highest BCUT2D eigenvalue weighted by Gasteiger charge is 2.23. The summed E-state index contributed by atoms with van der Waals surface area (Å²) in [5.74, 6) is 0.745. The van der Waals surface area contributed by atoms with Crippen molar-refractivity contribution in [2.45, 2.75) is 19.9 Å². The standard InChI is InChI=1S/C30H31FN4O5/c1-19(2)34(29(37)21-6-10-22(31)11-7-21)18-28(36)33-30-32-25(20-8-13-24(38-3)14-9-20)17-35(30)23-12-15-26(39-4)27(16-23)40-5/h6-17,19H,18H2,1-5H3,(H,32,33,36). The Morgan fingerprint density at radius 3 is 2.20 bits per heavy atom. The van der Waals surface area contributed by atoms with Crippen molar-refractivity contribution >= 4 is 17.8 Å². The second kappa shape index (κ2) is 12.3. The summed E-state index contributed by atoms with van der Waals surface area (Å²) in [5, 5.41) is 2.85. The van der Waals surface area contributed by atoms with E-state index in [0.29, 0.717) is 28.6 Å². The molecule has 1 heterocycles. The number of halogens is 1. The molecule has 3 aromatic carbocycles. The van der Waals surface area contributed by atoms with Crippen molar-refractivity contribution in [1.29, 1.82) is 0 Å². The van der Waals surface area contributed by atoms with Gasteiger partial charge < -0.3 is 19.1 Å². The van der Waals surface area contributed by atoms with Crippen LogP contribution in [0.4, 0.5) is 10.3 Å². The molecule has 40 heavy (non-hydrogen) atoms. The summed E-state index contributed by atoms with van der Waals surface area (Å²) in [5.41, 5.74) is 2.38. The van der Waals surface area contributed by atoms with E-state index in [2.05, 4.69) is 10.3 Å². The Labute approximate surface area is 232 Å². The number of amides is 2. The number of hydrogen-bond donors (Lipinski definition) is 1. The number of methoxy groups -OCH3 is 3. The van der Waals surface area contributed by atoms with Gasteiger partial charge in [0.25, 0.3) is 5.91 Å². The molecule has 9 nitrogen and oxygen atoms in total. The molecular formula is C30H31FN4O5. The van der Waals surface area contributed by atoms with Crippen molar-refractivity contribution in [1.82, 2.24) is 14.5 Å². The third-order valence-corrected chi connectivity index (χ3v) is 6.28. The topological polar surface area (TPSA) is 94.9 Å².